The maximum absolute atomic E-state index is 12.5. The molecule has 0 aliphatic heterocycles. The number of carbonyl (C=O) groups is 2. The number of nitrogens with one attached hydrogen (secondary N) is 1. The molecule has 0 saturated heterocycles. The SMILES string of the molecule is CC(C=CC1=C(C)CCCC1(C)C)=CC=CC(C)=CC(=O)Nc1ccc(O)cc1OC(=O)CC(C)O. The largest absolute Gasteiger partial charge is 0.508 e. The van der Waals surface area contributed by atoms with E-state index in [9.17, 15) is 19.8 Å². The van der Waals surface area contributed by atoms with Crippen LogP contribution in [0.3, 0.4) is 0 Å². The van der Waals surface area contributed by atoms with Gasteiger partial charge in [-0.3, -0.25) is 9.59 Å². The molecule has 1 unspecified atom stereocenters. The van der Waals surface area contributed by atoms with E-state index in [-0.39, 0.29) is 29.0 Å². The zero-order chi connectivity index (χ0) is 26.9. The molecular formula is C30H39NO5. The summed E-state index contributed by atoms with van der Waals surface area (Å²) in [4.78, 5) is 24.4. The summed E-state index contributed by atoms with van der Waals surface area (Å²) in [6.07, 6.45) is 14.1. The van der Waals surface area contributed by atoms with Crippen molar-refractivity contribution in [1.82, 2.24) is 0 Å². The third-order valence-electron chi connectivity index (χ3n) is 6.04. The van der Waals surface area contributed by atoms with Crippen LogP contribution in [0.2, 0.25) is 0 Å². The summed E-state index contributed by atoms with van der Waals surface area (Å²) in [6.45, 7) is 12.1. The predicted molar refractivity (Wildman–Crippen MR) is 145 cm³/mol. The Kier molecular flexibility index (Phi) is 10.5. The lowest BCUT2D eigenvalue weighted by Gasteiger charge is -2.32. The maximum Gasteiger partial charge on any atom is 0.313 e. The van der Waals surface area contributed by atoms with E-state index >= 15 is 0 Å². The molecule has 1 aliphatic rings. The van der Waals surface area contributed by atoms with E-state index in [0.29, 0.717) is 0 Å². The van der Waals surface area contributed by atoms with Gasteiger partial charge in [0.15, 0.2) is 5.75 Å². The Morgan fingerprint density at radius 2 is 1.92 bits per heavy atom. The van der Waals surface area contributed by atoms with Crippen molar-refractivity contribution in [2.45, 2.75) is 73.3 Å². The number of aliphatic hydroxyl groups excluding tert-OH is 1. The quantitative estimate of drug-likeness (QED) is 0.119. The minimum Gasteiger partial charge on any atom is -0.508 e. The molecular weight excluding hydrogens is 454 g/mol. The normalized spacial score (nSPS) is 17.5. The van der Waals surface area contributed by atoms with Crippen LogP contribution in [0.15, 0.2) is 76.9 Å². The van der Waals surface area contributed by atoms with E-state index in [1.807, 2.05) is 32.1 Å². The summed E-state index contributed by atoms with van der Waals surface area (Å²) in [6, 6.07) is 4.06. The zero-order valence-corrected chi connectivity index (χ0v) is 22.2. The number of hydrogen-bond donors (Lipinski definition) is 3. The molecule has 1 aromatic carbocycles. The highest BCUT2D eigenvalue weighted by Crippen LogP contribution is 2.40. The summed E-state index contributed by atoms with van der Waals surface area (Å²) in [5.74, 6) is -1.18. The molecule has 36 heavy (non-hydrogen) atoms. The average molecular weight is 494 g/mol. The summed E-state index contributed by atoms with van der Waals surface area (Å²) in [5.41, 5.74) is 5.17. The first-order chi connectivity index (χ1) is 16.9. The standard InChI is InChI=1S/C30H39NO5/c1-20(12-14-25-22(3)11-8-16-30(25,5)6)9-7-10-21(2)17-28(34)31-26-15-13-24(33)19-27(26)36-29(35)18-23(4)32/h7,9-10,12-15,17,19,23,32-33H,8,11,16,18H2,1-6H3,(H,31,34). The van der Waals surface area contributed by atoms with E-state index in [0.717, 1.165) is 17.6 Å². The minimum atomic E-state index is -0.862. The zero-order valence-electron chi connectivity index (χ0n) is 22.2. The summed E-state index contributed by atoms with van der Waals surface area (Å²) in [7, 11) is 0. The number of rotatable bonds is 9. The number of ether oxygens (including phenoxy) is 1. The lowest BCUT2D eigenvalue weighted by Crippen LogP contribution is -2.19. The number of aromatic hydroxyl groups is 1. The Balaban J connectivity index is 2.03. The van der Waals surface area contributed by atoms with E-state index < -0.39 is 18.0 Å². The van der Waals surface area contributed by atoms with Crippen molar-refractivity contribution in [2.75, 3.05) is 5.32 Å². The molecule has 0 radical (unpaired) electrons. The van der Waals surface area contributed by atoms with Crippen molar-refractivity contribution in [2.24, 2.45) is 5.41 Å². The van der Waals surface area contributed by atoms with Gasteiger partial charge in [-0.25, -0.2) is 0 Å². The smallest absolute Gasteiger partial charge is 0.313 e. The number of aliphatic hydroxyl groups is 1. The third kappa shape index (κ3) is 9.34. The Labute approximate surface area is 214 Å². The van der Waals surface area contributed by atoms with Gasteiger partial charge in [-0.1, -0.05) is 55.4 Å². The van der Waals surface area contributed by atoms with E-state index in [2.05, 4.69) is 38.2 Å². The van der Waals surface area contributed by atoms with Crippen LogP contribution in [0.5, 0.6) is 11.5 Å². The van der Waals surface area contributed by atoms with Crippen LogP contribution in [0.4, 0.5) is 5.69 Å². The highest BCUT2D eigenvalue weighted by atomic mass is 16.5. The Morgan fingerprint density at radius 3 is 2.58 bits per heavy atom. The molecule has 0 spiro atoms. The molecule has 0 aromatic heterocycles. The van der Waals surface area contributed by atoms with Crippen LogP contribution in [0.25, 0.3) is 0 Å². The second-order valence-corrected chi connectivity index (χ2v) is 10.1. The van der Waals surface area contributed by atoms with E-state index in [1.54, 1.807) is 0 Å². The fourth-order valence-corrected chi connectivity index (χ4v) is 4.16. The second kappa shape index (κ2) is 13.1. The summed E-state index contributed by atoms with van der Waals surface area (Å²) in [5, 5.41) is 21.7. The van der Waals surface area contributed by atoms with Crippen LogP contribution in [-0.4, -0.2) is 28.2 Å². The first-order valence-electron chi connectivity index (χ1n) is 12.3. The van der Waals surface area contributed by atoms with Gasteiger partial charge >= 0.3 is 5.97 Å². The molecule has 6 nitrogen and oxygen atoms in total. The van der Waals surface area contributed by atoms with Gasteiger partial charge in [0.1, 0.15) is 5.75 Å². The number of phenols is 1. The molecule has 1 amide bonds. The van der Waals surface area contributed by atoms with Crippen LogP contribution < -0.4 is 10.1 Å². The Bertz CT molecular complexity index is 1120. The first kappa shape index (κ1) is 28.9. The highest BCUT2D eigenvalue weighted by molar-refractivity contribution is 6.01. The third-order valence-corrected chi connectivity index (χ3v) is 6.04. The van der Waals surface area contributed by atoms with Crippen LogP contribution in [0, 0.1) is 5.41 Å². The molecule has 0 heterocycles. The number of esters is 1. The maximum atomic E-state index is 12.5. The summed E-state index contributed by atoms with van der Waals surface area (Å²) < 4.78 is 5.19. The first-order valence-corrected chi connectivity index (χ1v) is 12.3. The lowest BCUT2D eigenvalue weighted by atomic mass is 9.72. The van der Waals surface area contributed by atoms with Gasteiger partial charge in [0, 0.05) is 12.1 Å². The molecule has 2 rings (SSSR count). The fourth-order valence-electron chi connectivity index (χ4n) is 4.16. The molecule has 1 atom stereocenters. The second-order valence-electron chi connectivity index (χ2n) is 10.1. The van der Waals surface area contributed by atoms with Gasteiger partial charge < -0.3 is 20.3 Å². The van der Waals surface area contributed by atoms with Crippen molar-refractivity contribution < 1.29 is 24.5 Å². The van der Waals surface area contributed by atoms with Crippen molar-refractivity contribution in [3.05, 3.63) is 76.9 Å². The fraction of sp³-hybridized carbons (Fsp3) is 0.400. The molecule has 0 bridgehead atoms. The highest BCUT2D eigenvalue weighted by Gasteiger charge is 2.26. The average Bonchev–Trinajstić information content (AvgIpc) is 2.74. The molecule has 6 heteroatoms. The monoisotopic (exact) mass is 493 g/mol. The Hall–Kier alpha value is -3.38. The van der Waals surface area contributed by atoms with Gasteiger partial charge in [-0.2, -0.15) is 0 Å². The van der Waals surface area contributed by atoms with Crippen LogP contribution in [0.1, 0.15) is 67.2 Å². The number of allylic oxidation sites excluding steroid dienone is 9. The van der Waals surface area contributed by atoms with Crippen LogP contribution in [-0.2, 0) is 9.59 Å². The van der Waals surface area contributed by atoms with Crippen molar-refractivity contribution in [1.29, 1.82) is 0 Å². The molecule has 1 aromatic rings. The van der Waals surface area contributed by atoms with Crippen molar-refractivity contribution >= 4 is 17.6 Å². The van der Waals surface area contributed by atoms with Gasteiger partial charge in [-0.05, 0) is 75.7 Å². The number of benzene rings is 1. The van der Waals surface area contributed by atoms with Crippen molar-refractivity contribution in [3.63, 3.8) is 0 Å². The number of phenolic OH excluding ortho intramolecular Hbond substituents is 1. The Morgan fingerprint density at radius 1 is 1.19 bits per heavy atom. The predicted octanol–water partition coefficient (Wildman–Crippen LogP) is 6.54. The number of carbonyl (C=O) groups excluding carboxylic acids is 2. The molecule has 194 valence electrons. The topological polar surface area (TPSA) is 95.9 Å². The van der Waals surface area contributed by atoms with Gasteiger partial charge in [-0.15, -0.1) is 0 Å². The molecule has 1 aliphatic carbocycles. The lowest BCUT2D eigenvalue weighted by molar-refractivity contribution is -0.136. The van der Waals surface area contributed by atoms with E-state index in [1.165, 1.54) is 55.2 Å². The number of amides is 1. The van der Waals surface area contributed by atoms with E-state index in [4.69, 9.17) is 4.74 Å². The molecule has 3 N–H and O–H groups in total. The molecule has 0 fully saturated rings. The molecule has 0 saturated carbocycles. The number of hydrogen-bond acceptors (Lipinski definition) is 5. The van der Waals surface area contributed by atoms with Crippen LogP contribution >= 0.6 is 0 Å². The van der Waals surface area contributed by atoms with Gasteiger partial charge in [0.05, 0.1) is 18.2 Å². The van der Waals surface area contributed by atoms with Gasteiger partial charge in [0.2, 0.25) is 5.91 Å². The van der Waals surface area contributed by atoms with Crippen molar-refractivity contribution in [3.8, 4) is 11.5 Å². The summed E-state index contributed by atoms with van der Waals surface area (Å²) >= 11 is 0. The minimum absolute atomic E-state index is 0.00688. The number of anilines is 1. The van der Waals surface area contributed by atoms with Gasteiger partial charge in [0.25, 0.3) is 0 Å².